The van der Waals surface area contributed by atoms with Gasteiger partial charge in [0, 0.05) is 44.5 Å². The molecule has 2 aromatic heterocycles. The smallest absolute Gasteiger partial charge is 0.318 e. The molecule has 2 amide bonds. The predicted molar refractivity (Wildman–Crippen MR) is 84.9 cm³/mol. The standard InChI is InChI=1S/C15H23N7O/c1-11(2)13-18-19-14-12(3)21(8-9-22(13)14)15(23)17-5-7-20-6-4-16-10-20/h4,6,10-12H,5,7-9H2,1-3H3,(H,17,23)/t12-/m1/s1. The number of carbonyl (C=O) groups excluding carboxylic acids is 1. The number of hydrogen-bond acceptors (Lipinski definition) is 4. The van der Waals surface area contributed by atoms with Gasteiger partial charge in [-0.15, -0.1) is 10.2 Å². The summed E-state index contributed by atoms with van der Waals surface area (Å²) in [6.45, 7) is 8.91. The summed E-state index contributed by atoms with van der Waals surface area (Å²) >= 11 is 0. The van der Waals surface area contributed by atoms with Crippen LogP contribution in [0.25, 0.3) is 0 Å². The number of fused-ring (bicyclic) bond motifs is 1. The van der Waals surface area contributed by atoms with E-state index in [0.29, 0.717) is 25.6 Å². The number of amides is 2. The van der Waals surface area contributed by atoms with Crippen molar-refractivity contribution in [2.45, 2.75) is 45.8 Å². The van der Waals surface area contributed by atoms with Gasteiger partial charge < -0.3 is 19.4 Å². The average molecular weight is 317 g/mol. The topological polar surface area (TPSA) is 80.9 Å². The fraction of sp³-hybridized carbons (Fsp3) is 0.600. The Kier molecular flexibility index (Phi) is 4.31. The second kappa shape index (κ2) is 6.39. The summed E-state index contributed by atoms with van der Waals surface area (Å²) in [5, 5.41) is 11.5. The molecular weight excluding hydrogens is 294 g/mol. The summed E-state index contributed by atoms with van der Waals surface area (Å²) in [6.07, 6.45) is 5.35. The van der Waals surface area contributed by atoms with E-state index in [1.54, 1.807) is 12.5 Å². The molecule has 2 aromatic rings. The Morgan fingerprint density at radius 2 is 2.22 bits per heavy atom. The highest BCUT2D eigenvalue weighted by molar-refractivity contribution is 5.74. The Hall–Kier alpha value is -2.38. The first kappa shape index (κ1) is 15.5. The highest BCUT2D eigenvalue weighted by Gasteiger charge is 2.31. The summed E-state index contributed by atoms with van der Waals surface area (Å²) in [5.41, 5.74) is 0. The Morgan fingerprint density at radius 3 is 2.91 bits per heavy atom. The summed E-state index contributed by atoms with van der Waals surface area (Å²) in [6, 6.07) is -0.130. The molecule has 3 rings (SSSR count). The van der Waals surface area contributed by atoms with E-state index in [1.165, 1.54) is 0 Å². The van der Waals surface area contributed by atoms with Crippen LogP contribution in [0.5, 0.6) is 0 Å². The van der Waals surface area contributed by atoms with Crippen molar-refractivity contribution in [1.29, 1.82) is 0 Å². The molecule has 0 unspecified atom stereocenters. The number of urea groups is 1. The van der Waals surface area contributed by atoms with E-state index in [4.69, 9.17) is 0 Å². The maximum Gasteiger partial charge on any atom is 0.318 e. The fourth-order valence-corrected chi connectivity index (χ4v) is 2.92. The minimum atomic E-state index is -0.0722. The third-order valence-electron chi connectivity index (χ3n) is 4.20. The average Bonchev–Trinajstić information content (AvgIpc) is 3.16. The number of aromatic nitrogens is 5. The van der Waals surface area contributed by atoms with E-state index in [-0.39, 0.29) is 12.1 Å². The molecule has 1 atom stereocenters. The van der Waals surface area contributed by atoms with Crippen LogP contribution in [0.4, 0.5) is 4.79 Å². The summed E-state index contributed by atoms with van der Waals surface area (Å²) in [5.74, 6) is 2.19. The molecule has 0 spiro atoms. The number of hydrogen-bond donors (Lipinski definition) is 1. The maximum absolute atomic E-state index is 12.4. The molecule has 23 heavy (non-hydrogen) atoms. The van der Waals surface area contributed by atoms with Crippen LogP contribution < -0.4 is 5.32 Å². The summed E-state index contributed by atoms with van der Waals surface area (Å²) in [4.78, 5) is 18.2. The van der Waals surface area contributed by atoms with E-state index < -0.39 is 0 Å². The van der Waals surface area contributed by atoms with Gasteiger partial charge in [-0.25, -0.2) is 9.78 Å². The van der Waals surface area contributed by atoms with Crippen molar-refractivity contribution in [2.75, 3.05) is 13.1 Å². The molecule has 0 saturated heterocycles. The van der Waals surface area contributed by atoms with Crippen LogP contribution in [0, 0.1) is 0 Å². The first-order valence-corrected chi connectivity index (χ1v) is 8.01. The van der Waals surface area contributed by atoms with Gasteiger partial charge in [0.2, 0.25) is 0 Å². The lowest BCUT2D eigenvalue weighted by molar-refractivity contribution is 0.159. The molecule has 8 nitrogen and oxygen atoms in total. The van der Waals surface area contributed by atoms with Gasteiger partial charge in [-0.2, -0.15) is 0 Å². The van der Waals surface area contributed by atoms with Crippen LogP contribution in [-0.2, 0) is 13.1 Å². The van der Waals surface area contributed by atoms with E-state index in [2.05, 4.69) is 38.9 Å². The van der Waals surface area contributed by atoms with Crippen molar-refractivity contribution in [1.82, 2.24) is 34.5 Å². The predicted octanol–water partition coefficient (Wildman–Crippen LogP) is 1.38. The normalized spacial score (nSPS) is 17.4. The quantitative estimate of drug-likeness (QED) is 0.924. The molecule has 0 aliphatic carbocycles. The van der Waals surface area contributed by atoms with Crippen LogP contribution in [0.15, 0.2) is 18.7 Å². The van der Waals surface area contributed by atoms with E-state index in [0.717, 1.165) is 18.2 Å². The first-order valence-electron chi connectivity index (χ1n) is 8.01. The van der Waals surface area contributed by atoms with Gasteiger partial charge in [0.15, 0.2) is 5.82 Å². The second-order valence-electron chi connectivity index (χ2n) is 6.12. The van der Waals surface area contributed by atoms with Crippen LogP contribution in [-0.4, -0.2) is 48.3 Å². The van der Waals surface area contributed by atoms with Gasteiger partial charge in [-0.1, -0.05) is 13.8 Å². The number of rotatable bonds is 4. The molecule has 124 valence electrons. The minimum absolute atomic E-state index is 0.0574. The molecular formula is C15H23N7O. The lowest BCUT2D eigenvalue weighted by atomic mass is 10.1. The van der Waals surface area contributed by atoms with E-state index in [1.807, 2.05) is 22.6 Å². The Labute approximate surface area is 135 Å². The van der Waals surface area contributed by atoms with Crippen molar-refractivity contribution in [3.8, 4) is 0 Å². The lowest BCUT2D eigenvalue weighted by Crippen LogP contribution is -2.47. The Bertz CT molecular complexity index is 661. The minimum Gasteiger partial charge on any atom is -0.336 e. The maximum atomic E-state index is 12.4. The van der Waals surface area contributed by atoms with Crippen LogP contribution in [0.1, 0.15) is 44.4 Å². The lowest BCUT2D eigenvalue weighted by Gasteiger charge is -2.34. The first-order chi connectivity index (χ1) is 11.1. The van der Waals surface area contributed by atoms with Crippen molar-refractivity contribution < 1.29 is 4.79 Å². The molecule has 1 aliphatic rings. The molecule has 0 saturated carbocycles. The van der Waals surface area contributed by atoms with Gasteiger partial charge in [0.1, 0.15) is 5.82 Å². The fourth-order valence-electron chi connectivity index (χ4n) is 2.92. The molecule has 0 radical (unpaired) electrons. The largest absolute Gasteiger partial charge is 0.336 e. The van der Waals surface area contributed by atoms with Crippen molar-refractivity contribution in [3.05, 3.63) is 30.4 Å². The van der Waals surface area contributed by atoms with Crippen molar-refractivity contribution in [3.63, 3.8) is 0 Å². The zero-order chi connectivity index (χ0) is 16.4. The number of nitrogens with zero attached hydrogens (tertiary/aromatic N) is 6. The second-order valence-corrected chi connectivity index (χ2v) is 6.12. The SMILES string of the molecule is CC(C)c1nnc2n1CCN(C(=O)NCCn1ccnc1)[C@@H]2C. The Morgan fingerprint density at radius 1 is 1.39 bits per heavy atom. The highest BCUT2D eigenvalue weighted by atomic mass is 16.2. The van der Waals surface area contributed by atoms with Crippen LogP contribution in [0.2, 0.25) is 0 Å². The van der Waals surface area contributed by atoms with Gasteiger partial charge in [0.05, 0.1) is 12.4 Å². The van der Waals surface area contributed by atoms with Gasteiger partial charge >= 0.3 is 6.03 Å². The van der Waals surface area contributed by atoms with Gasteiger partial charge in [-0.05, 0) is 6.92 Å². The highest BCUT2D eigenvalue weighted by Crippen LogP contribution is 2.26. The Balaban J connectivity index is 1.61. The number of nitrogens with one attached hydrogen (secondary N) is 1. The molecule has 0 fully saturated rings. The summed E-state index contributed by atoms with van der Waals surface area (Å²) < 4.78 is 4.08. The third kappa shape index (κ3) is 3.06. The van der Waals surface area contributed by atoms with Gasteiger partial charge in [0.25, 0.3) is 0 Å². The number of imidazole rings is 1. The molecule has 1 aliphatic heterocycles. The van der Waals surface area contributed by atoms with E-state index in [9.17, 15) is 4.79 Å². The summed E-state index contributed by atoms with van der Waals surface area (Å²) in [7, 11) is 0. The monoisotopic (exact) mass is 317 g/mol. The molecule has 0 aromatic carbocycles. The molecule has 3 heterocycles. The van der Waals surface area contributed by atoms with E-state index >= 15 is 0 Å². The zero-order valence-corrected chi connectivity index (χ0v) is 13.8. The van der Waals surface area contributed by atoms with Crippen molar-refractivity contribution >= 4 is 6.03 Å². The third-order valence-corrected chi connectivity index (χ3v) is 4.20. The van der Waals surface area contributed by atoms with Crippen LogP contribution >= 0.6 is 0 Å². The van der Waals surface area contributed by atoms with Crippen LogP contribution in [0.3, 0.4) is 0 Å². The zero-order valence-electron chi connectivity index (χ0n) is 13.8. The van der Waals surface area contributed by atoms with Gasteiger partial charge in [-0.3, -0.25) is 0 Å². The molecule has 8 heteroatoms. The molecule has 0 bridgehead atoms. The number of carbonyl (C=O) groups is 1. The molecule has 1 N–H and O–H groups in total. The van der Waals surface area contributed by atoms with Crippen molar-refractivity contribution in [2.24, 2.45) is 0 Å².